The molecule has 3 nitrogen and oxygen atoms in total. The third-order valence-electron chi connectivity index (χ3n) is 3.49. The van der Waals surface area contributed by atoms with Crippen LogP contribution in [0, 0.1) is 6.92 Å². The van der Waals surface area contributed by atoms with Crippen LogP contribution in [0.15, 0.2) is 36.4 Å². The van der Waals surface area contributed by atoms with Gasteiger partial charge >= 0.3 is 6.09 Å². The molecule has 2 aromatic carbocycles. The fourth-order valence-electron chi connectivity index (χ4n) is 2.32. The Kier molecular flexibility index (Phi) is 3.85. The van der Waals surface area contributed by atoms with E-state index in [0.717, 1.165) is 22.4 Å². The van der Waals surface area contributed by atoms with Crippen LogP contribution >= 0.6 is 23.2 Å². The number of rotatable bonds is 1. The van der Waals surface area contributed by atoms with Gasteiger partial charge in [-0.3, -0.25) is 4.90 Å². The van der Waals surface area contributed by atoms with E-state index >= 15 is 0 Å². The molecule has 1 amide bonds. The van der Waals surface area contributed by atoms with Gasteiger partial charge in [0.15, 0.2) is 0 Å². The molecule has 0 aliphatic carbocycles. The standard InChI is InChI=1S/C17H13Cl2NO2/c1-10-3-6-15-12(7-10)16(22-17(21)20(15)2)9-11-4-5-13(18)14(19)8-11/h3-9H,1-2H3/b16-9-. The van der Waals surface area contributed by atoms with Gasteiger partial charge in [-0.15, -0.1) is 0 Å². The summed E-state index contributed by atoms with van der Waals surface area (Å²) in [6.45, 7) is 1.99. The summed E-state index contributed by atoms with van der Waals surface area (Å²) in [6.07, 6.45) is 1.37. The predicted octanol–water partition coefficient (Wildman–Crippen LogP) is 5.39. The monoisotopic (exact) mass is 333 g/mol. The van der Waals surface area contributed by atoms with E-state index in [4.69, 9.17) is 27.9 Å². The van der Waals surface area contributed by atoms with E-state index in [1.54, 1.807) is 25.3 Å². The smallest absolute Gasteiger partial charge is 0.409 e. The zero-order valence-corrected chi connectivity index (χ0v) is 13.6. The van der Waals surface area contributed by atoms with Crippen molar-refractivity contribution in [2.45, 2.75) is 6.92 Å². The third-order valence-corrected chi connectivity index (χ3v) is 4.23. The first kappa shape index (κ1) is 14.9. The number of carbonyl (C=O) groups is 1. The van der Waals surface area contributed by atoms with Crippen molar-refractivity contribution in [3.63, 3.8) is 0 Å². The van der Waals surface area contributed by atoms with Gasteiger partial charge in [0.2, 0.25) is 0 Å². The summed E-state index contributed by atoms with van der Waals surface area (Å²) >= 11 is 12.0. The molecule has 0 spiro atoms. The Labute approximate surface area is 138 Å². The zero-order chi connectivity index (χ0) is 15.9. The Morgan fingerprint density at radius 1 is 1.09 bits per heavy atom. The molecule has 5 heteroatoms. The molecule has 1 heterocycles. The molecular weight excluding hydrogens is 321 g/mol. The SMILES string of the molecule is Cc1ccc2c(c1)/C(=C/c1ccc(Cl)c(Cl)c1)OC(=O)N2C. The molecule has 0 saturated carbocycles. The number of carbonyl (C=O) groups excluding carboxylic acids is 1. The van der Waals surface area contributed by atoms with Gasteiger partial charge in [-0.05, 0) is 42.8 Å². The van der Waals surface area contributed by atoms with Crippen LogP contribution in [0.4, 0.5) is 10.5 Å². The second-order valence-corrected chi connectivity index (χ2v) is 5.94. The van der Waals surface area contributed by atoms with E-state index in [0.29, 0.717) is 15.8 Å². The highest BCUT2D eigenvalue weighted by atomic mass is 35.5. The van der Waals surface area contributed by atoms with Crippen molar-refractivity contribution in [2.75, 3.05) is 11.9 Å². The average Bonchev–Trinajstić information content (AvgIpc) is 2.48. The lowest BCUT2D eigenvalue weighted by Gasteiger charge is -2.27. The number of nitrogens with zero attached hydrogens (tertiary/aromatic N) is 1. The molecule has 0 unspecified atom stereocenters. The first-order valence-electron chi connectivity index (χ1n) is 6.69. The number of anilines is 1. The molecule has 0 atom stereocenters. The summed E-state index contributed by atoms with van der Waals surface area (Å²) < 4.78 is 5.43. The number of halogens is 2. The number of fused-ring (bicyclic) bond motifs is 1. The number of aryl methyl sites for hydroxylation is 1. The van der Waals surface area contributed by atoms with Crippen molar-refractivity contribution in [1.29, 1.82) is 0 Å². The van der Waals surface area contributed by atoms with Crippen molar-refractivity contribution >= 4 is 46.8 Å². The summed E-state index contributed by atoms with van der Waals surface area (Å²) in [5.74, 6) is 0.500. The fraction of sp³-hybridized carbons (Fsp3) is 0.118. The van der Waals surface area contributed by atoms with Crippen molar-refractivity contribution in [3.05, 3.63) is 63.1 Å². The van der Waals surface area contributed by atoms with Crippen molar-refractivity contribution in [1.82, 2.24) is 0 Å². The van der Waals surface area contributed by atoms with Crippen LogP contribution < -0.4 is 4.90 Å². The van der Waals surface area contributed by atoms with Gasteiger partial charge in [0.05, 0.1) is 15.7 Å². The lowest BCUT2D eigenvalue weighted by Crippen LogP contribution is -2.31. The Bertz CT molecular complexity index is 799. The van der Waals surface area contributed by atoms with E-state index in [1.807, 2.05) is 31.2 Å². The predicted molar refractivity (Wildman–Crippen MR) is 90.4 cm³/mol. The molecule has 0 radical (unpaired) electrons. The van der Waals surface area contributed by atoms with Gasteiger partial charge in [-0.25, -0.2) is 4.79 Å². The molecule has 0 aromatic heterocycles. The van der Waals surface area contributed by atoms with Crippen molar-refractivity contribution in [2.24, 2.45) is 0 Å². The molecule has 0 fully saturated rings. The minimum atomic E-state index is -0.414. The maximum absolute atomic E-state index is 12.0. The Balaban J connectivity index is 2.12. The molecule has 2 aromatic rings. The summed E-state index contributed by atoms with van der Waals surface area (Å²) in [7, 11) is 1.69. The molecule has 112 valence electrons. The molecule has 1 aliphatic rings. The van der Waals surface area contributed by atoms with E-state index in [9.17, 15) is 4.79 Å². The largest absolute Gasteiger partial charge is 0.419 e. The Hall–Kier alpha value is -1.97. The molecule has 0 bridgehead atoms. The lowest BCUT2D eigenvalue weighted by molar-refractivity contribution is 0.199. The van der Waals surface area contributed by atoms with Crippen LogP contribution in [0.2, 0.25) is 10.0 Å². The molecular formula is C17H13Cl2NO2. The minimum absolute atomic E-state index is 0.414. The highest BCUT2D eigenvalue weighted by molar-refractivity contribution is 6.42. The Morgan fingerprint density at radius 2 is 1.86 bits per heavy atom. The van der Waals surface area contributed by atoms with Gasteiger partial charge in [-0.1, -0.05) is 40.9 Å². The molecule has 3 rings (SSSR count). The number of hydrogen-bond donors (Lipinski definition) is 0. The highest BCUT2D eigenvalue weighted by Crippen LogP contribution is 2.35. The minimum Gasteiger partial charge on any atom is -0.409 e. The second-order valence-electron chi connectivity index (χ2n) is 5.13. The number of benzene rings is 2. The van der Waals surface area contributed by atoms with Gasteiger partial charge in [0, 0.05) is 12.6 Å². The Morgan fingerprint density at radius 3 is 2.59 bits per heavy atom. The molecule has 0 saturated heterocycles. The molecule has 22 heavy (non-hydrogen) atoms. The first-order chi connectivity index (χ1) is 10.5. The molecule has 0 N–H and O–H groups in total. The summed E-state index contributed by atoms with van der Waals surface area (Å²) in [6, 6.07) is 11.1. The highest BCUT2D eigenvalue weighted by Gasteiger charge is 2.26. The quantitative estimate of drug-likeness (QED) is 0.700. The van der Waals surface area contributed by atoms with Gasteiger partial charge < -0.3 is 4.74 Å². The number of cyclic esters (lactones) is 1. The maximum Gasteiger partial charge on any atom is 0.419 e. The third kappa shape index (κ3) is 2.70. The average molecular weight is 334 g/mol. The molecule has 1 aliphatic heterocycles. The summed E-state index contributed by atoms with van der Waals surface area (Å²) in [5.41, 5.74) is 3.58. The first-order valence-corrected chi connectivity index (χ1v) is 7.44. The van der Waals surface area contributed by atoms with Crippen LogP contribution in [0.25, 0.3) is 11.8 Å². The summed E-state index contributed by atoms with van der Waals surface area (Å²) in [5, 5.41) is 0.945. The normalized spacial score (nSPS) is 15.7. The lowest BCUT2D eigenvalue weighted by atomic mass is 10.0. The van der Waals surface area contributed by atoms with E-state index in [1.165, 1.54) is 4.90 Å². The number of ether oxygens (including phenoxy) is 1. The van der Waals surface area contributed by atoms with Crippen LogP contribution in [0.1, 0.15) is 16.7 Å². The van der Waals surface area contributed by atoms with Crippen molar-refractivity contribution in [3.8, 4) is 0 Å². The van der Waals surface area contributed by atoms with Crippen LogP contribution in [-0.2, 0) is 4.74 Å². The number of amides is 1. The van der Waals surface area contributed by atoms with Crippen LogP contribution in [0.3, 0.4) is 0 Å². The summed E-state index contributed by atoms with van der Waals surface area (Å²) in [4.78, 5) is 13.5. The van der Waals surface area contributed by atoms with Crippen molar-refractivity contribution < 1.29 is 9.53 Å². The van der Waals surface area contributed by atoms with Crippen LogP contribution in [0.5, 0.6) is 0 Å². The van der Waals surface area contributed by atoms with E-state index in [-0.39, 0.29) is 0 Å². The topological polar surface area (TPSA) is 29.5 Å². The number of hydrogen-bond acceptors (Lipinski definition) is 2. The van der Waals surface area contributed by atoms with Gasteiger partial charge in [0.25, 0.3) is 0 Å². The van der Waals surface area contributed by atoms with E-state index < -0.39 is 6.09 Å². The fourth-order valence-corrected chi connectivity index (χ4v) is 2.62. The van der Waals surface area contributed by atoms with E-state index in [2.05, 4.69) is 0 Å². The van der Waals surface area contributed by atoms with Gasteiger partial charge in [-0.2, -0.15) is 0 Å². The second kappa shape index (κ2) is 5.67. The maximum atomic E-state index is 12.0. The van der Waals surface area contributed by atoms with Crippen LogP contribution in [-0.4, -0.2) is 13.1 Å². The zero-order valence-electron chi connectivity index (χ0n) is 12.1. The van der Waals surface area contributed by atoms with Gasteiger partial charge in [0.1, 0.15) is 5.76 Å².